The molecule has 0 amide bonds. The smallest absolute Gasteiger partial charge is 0.388 e. The van der Waals surface area contributed by atoms with Crippen molar-refractivity contribution >= 4 is 0 Å². The Balaban J connectivity index is 3.12. The van der Waals surface area contributed by atoms with Gasteiger partial charge in [-0.25, -0.2) is 4.39 Å². The molecule has 1 nitrogen and oxygen atoms in total. The first-order chi connectivity index (χ1) is 10.3. The average molecular weight is 346 g/mol. The highest BCUT2D eigenvalue weighted by Crippen LogP contribution is 2.50. The highest BCUT2D eigenvalue weighted by molar-refractivity contribution is 5.28. The Morgan fingerprint density at radius 2 is 1.43 bits per heavy atom. The van der Waals surface area contributed by atoms with E-state index in [1.165, 1.54) is 18.2 Å². The minimum absolute atomic E-state index is 0.00233. The molecule has 8 heteroatoms. The summed E-state index contributed by atoms with van der Waals surface area (Å²) in [4.78, 5) is 0. The summed E-state index contributed by atoms with van der Waals surface area (Å²) >= 11 is 0. The Bertz CT molecular complexity index is 507. The lowest BCUT2D eigenvalue weighted by molar-refractivity contribution is -0.347. The highest BCUT2D eigenvalue weighted by Gasteiger charge is 2.72. The molecule has 23 heavy (non-hydrogen) atoms. The van der Waals surface area contributed by atoms with Crippen LogP contribution in [0.1, 0.15) is 49.8 Å². The molecule has 0 fully saturated rings. The maximum Gasteiger partial charge on any atom is 0.431 e. The zero-order chi connectivity index (χ0) is 18.1. The molecule has 0 aliphatic carbocycles. The van der Waals surface area contributed by atoms with Gasteiger partial charge in [-0.1, -0.05) is 38.1 Å². The van der Waals surface area contributed by atoms with Crippen molar-refractivity contribution in [3.63, 3.8) is 0 Å². The van der Waals surface area contributed by atoms with Crippen LogP contribution in [0, 0.1) is 0 Å². The van der Waals surface area contributed by atoms with Crippen molar-refractivity contribution < 1.29 is 35.8 Å². The molecule has 1 rings (SSSR count). The van der Waals surface area contributed by atoms with Gasteiger partial charge >= 0.3 is 18.0 Å². The van der Waals surface area contributed by atoms with Crippen LogP contribution in [0.3, 0.4) is 0 Å². The van der Waals surface area contributed by atoms with E-state index in [0.717, 1.165) is 0 Å². The quantitative estimate of drug-likeness (QED) is 0.702. The molecular weight excluding hydrogens is 329 g/mol. The molecule has 0 heterocycles. The number of halogens is 7. The second-order valence-electron chi connectivity index (χ2n) is 5.50. The van der Waals surface area contributed by atoms with E-state index in [2.05, 4.69) is 0 Å². The normalized spacial score (nSPS) is 16.3. The van der Waals surface area contributed by atoms with Crippen LogP contribution in [0.5, 0.6) is 0 Å². The molecule has 0 saturated carbocycles. The lowest BCUT2D eigenvalue weighted by atomic mass is 9.90. The Morgan fingerprint density at radius 3 is 1.87 bits per heavy atom. The van der Waals surface area contributed by atoms with E-state index in [1.54, 1.807) is 6.07 Å². The zero-order valence-corrected chi connectivity index (χ0v) is 12.5. The van der Waals surface area contributed by atoms with Crippen LogP contribution in [0.4, 0.5) is 30.7 Å². The molecule has 0 spiro atoms. The van der Waals surface area contributed by atoms with E-state index < -0.39 is 30.5 Å². The summed E-state index contributed by atoms with van der Waals surface area (Å²) in [6.07, 6.45) is -16.0. The molecule has 0 aliphatic rings. The van der Waals surface area contributed by atoms with Crippen LogP contribution >= 0.6 is 0 Å². The summed E-state index contributed by atoms with van der Waals surface area (Å²) in [5.74, 6) is 0.00233. The van der Waals surface area contributed by atoms with Gasteiger partial charge in [0.2, 0.25) is 0 Å². The molecule has 0 radical (unpaired) electrons. The summed E-state index contributed by atoms with van der Waals surface area (Å²) in [5.41, 5.74) is -5.00. The van der Waals surface area contributed by atoms with Gasteiger partial charge in [-0.15, -0.1) is 0 Å². The summed E-state index contributed by atoms with van der Waals surface area (Å²) < 4.78 is 88.9. The molecule has 0 saturated heterocycles. The lowest BCUT2D eigenvalue weighted by Gasteiger charge is -2.31. The fourth-order valence-electron chi connectivity index (χ4n) is 2.08. The lowest BCUT2D eigenvalue weighted by Crippen LogP contribution is -2.54. The second kappa shape index (κ2) is 6.67. The number of rotatable bonds is 5. The summed E-state index contributed by atoms with van der Waals surface area (Å²) in [5, 5.41) is 9.72. The van der Waals surface area contributed by atoms with Crippen molar-refractivity contribution in [1.29, 1.82) is 0 Å². The molecule has 0 aliphatic heterocycles. The van der Waals surface area contributed by atoms with Crippen molar-refractivity contribution in [2.75, 3.05) is 0 Å². The fraction of sp³-hybridized carbons (Fsp3) is 0.600. The number of alkyl halides is 7. The number of benzene rings is 1. The second-order valence-corrected chi connectivity index (χ2v) is 5.50. The van der Waals surface area contributed by atoms with Crippen LogP contribution < -0.4 is 0 Å². The molecule has 2 atom stereocenters. The molecule has 1 N–H and O–H groups in total. The number of hydrogen-bond acceptors (Lipinski definition) is 1. The third kappa shape index (κ3) is 4.16. The average Bonchev–Trinajstić information content (AvgIpc) is 2.44. The molecular formula is C15H17F7O. The van der Waals surface area contributed by atoms with E-state index in [4.69, 9.17) is 0 Å². The Kier molecular flexibility index (Phi) is 5.72. The molecule has 0 bridgehead atoms. The van der Waals surface area contributed by atoms with Gasteiger partial charge in [0.25, 0.3) is 0 Å². The third-order valence-corrected chi connectivity index (χ3v) is 3.85. The van der Waals surface area contributed by atoms with Gasteiger partial charge in [-0.3, -0.25) is 0 Å². The third-order valence-electron chi connectivity index (χ3n) is 3.85. The van der Waals surface area contributed by atoms with Crippen LogP contribution in [0.15, 0.2) is 24.3 Å². The number of hydrogen-bond donors (Lipinski definition) is 1. The number of aliphatic hydroxyl groups is 1. The zero-order valence-electron chi connectivity index (χ0n) is 12.5. The predicted octanol–water partition coefficient (Wildman–Crippen LogP) is 5.46. The van der Waals surface area contributed by atoms with Gasteiger partial charge in [0.05, 0.1) is 6.10 Å². The van der Waals surface area contributed by atoms with Gasteiger partial charge in [-0.2, -0.15) is 26.3 Å². The maximum atomic E-state index is 13.7. The summed E-state index contributed by atoms with van der Waals surface area (Å²) in [7, 11) is 0. The summed E-state index contributed by atoms with van der Waals surface area (Å²) in [6.45, 7) is 3.67. The first-order valence-corrected chi connectivity index (χ1v) is 6.93. The SMILES string of the molecule is CCC(C)c1cccc(C(O)CC(F)(C(F)(F)F)C(F)(F)F)c1. The largest absolute Gasteiger partial charge is 0.431 e. The highest BCUT2D eigenvalue weighted by atomic mass is 19.4. The molecule has 2 unspecified atom stereocenters. The first kappa shape index (κ1) is 19.7. The maximum absolute atomic E-state index is 13.7. The van der Waals surface area contributed by atoms with Crippen molar-refractivity contribution in [3.8, 4) is 0 Å². The van der Waals surface area contributed by atoms with E-state index in [9.17, 15) is 35.8 Å². The van der Waals surface area contributed by atoms with Gasteiger partial charge in [-0.05, 0) is 23.5 Å². The van der Waals surface area contributed by atoms with Crippen LogP contribution in [0.25, 0.3) is 0 Å². The molecule has 0 aromatic heterocycles. The van der Waals surface area contributed by atoms with Crippen molar-refractivity contribution in [1.82, 2.24) is 0 Å². The fourth-order valence-corrected chi connectivity index (χ4v) is 2.08. The molecule has 132 valence electrons. The standard InChI is InChI=1S/C15H17F7O/c1-3-9(2)10-5-4-6-11(7-10)12(23)8-13(16,14(17,18)19)15(20,21)22/h4-7,9,12,23H,3,8H2,1-2H3. The topological polar surface area (TPSA) is 20.2 Å². The van der Waals surface area contributed by atoms with Gasteiger partial charge in [0, 0.05) is 6.42 Å². The Hall–Kier alpha value is -1.31. The predicted molar refractivity (Wildman–Crippen MR) is 70.7 cm³/mol. The Morgan fingerprint density at radius 1 is 0.957 bits per heavy atom. The van der Waals surface area contributed by atoms with Crippen LogP contribution in [0.2, 0.25) is 0 Å². The number of aliphatic hydroxyl groups excluding tert-OH is 1. The van der Waals surface area contributed by atoms with E-state index in [-0.39, 0.29) is 11.5 Å². The first-order valence-electron chi connectivity index (χ1n) is 6.93. The molecule has 1 aromatic carbocycles. The summed E-state index contributed by atoms with van der Waals surface area (Å²) in [6, 6.07) is 5.51. The van der Waals surface area contributed by atoms with E-state index in [0.29, 0.717) is 12.0 Å². The minimum Gasteiger partial charge on any atom is -0.388 e. The minimum atomic E-state index is -6.17. The monoisotopic (exact) mass is 346 g/mol. The van der Waals surface area contributed by atoms with Crippen LogP contribution in [-0.4, -0.2) is 23.1 Å². The van der Waals surface area contributed by atoms with E-state index in [1.807, 2.05) is 13.8 Å². The Labute approximate surface area is 129 Å². The van der Waals surface area contributed by atoms with Crippen LogP contribution in [-0.2, 0) is 0 Å². The van der Waals surface area contributed by atoms with Crippen molar-refractivity contribution in [2.45, 2.75) is 56.7 Å². The van der Waals surface area contributed by atoms with Gasteiger partial charge in [0.15, 0.2) is 0 Å². The van der Waals surface area contributed by atoms with Crippen molar-refractivity contribution in [3.05, 3.63) is 35.4 Å². The van der Waals surface area contributed by atoms with E-state index >= 15 is 0 Å². The molecule has 1 aromatic rings. The van der Waals surface area contributed by atoms with Gasteiger partial charge < -0.3 is 5.11 Å². The van der Waals surface area contributed by atoms with Gasteiger partial charge in [0.1, 0.15) is 0 Å². The van der Waals surface area contributed by atoms with Crippen molar-refractivity contribution in [2.24, 2.45) is 0 Å².